The van der Waals surface area contributed by atoms with Crippen LogP contribution < -0.4 is 13.8 Å². The van der Waals surface area contributed by atoms with Crippen molar-refractivity contribution in [1.82, 2.24) is 0 Å². The molecule has 2 heterocycles. The summed E-state index contributed by atoms with van der Waals surface area (Å²) in [7, 11) is -3.24. The Morgan fingerprint density at radius 2 is 1.81 bits per heavy atom. The first-order valence-electron chi connectivity index (χ1n) is 13.0. The number of rotatable bonds is 7. The lowest BCUT2D eigenvalue weighted by atomic mass is 9.75. The molecule has 1 atom stereocenters. The van der Waals surface area contributed by atoms with Crippen LogP contribution in [-0.4, -0.2) is 52.5 Å². The number of carboxylic acid groups (broad SMARTS) is 1. The van der Waals surface area contributed by atoms with Gasteiger partial charge in [0.25, 0.3) is 10.0 Å². The van der Waals surface area contributed by atoms with Crippen LogP contribution in [0.4, 0.5) is 23.2 Å². The van der Waals surface area contributed by atoms with Crippen molar-refractivity contribution in [3.05, 3.63) is 72.0 Å². The molecule has 0 spiro atoms. The summed E-state index contributed by atoms with van der Waals surface area (Å²) in [6, 6.07) is 11.8. The van der Waals surface area contributed by atoms with Gasteiger partial charge in [0, 0.05) is 25.7 Å². The minimum Gasteiger partial charge on any atom is -0.497 e. The van der Waals surface area contributed by atoms with Crippen molar-refractivity contribution in [2.45, 2.75) is 36.4 Å². The Morgan fingerprint density at radius 3 is 2.48 bits per heavy atom. The Morgan fingerprint density at radius 1 is 1.07 bits per heavy atom. The van der Waals surface area contributed by atoms with E-state index in [1.165, 1.54) is 31.4 Å². The predicted molar refractivity (Wildman–Crippen MR) is 144 cm³/mol. The van der Waals surface area contributed by atoms with E-state index in [0.29, 0.717) is 17.2 Å². The van der Waals surface area contributed by atoms with Crippen molar-refractivity contribution < 1.29 is 50.1 Å². The number of nitrogens with zero attached hydrogens (tertiary/aromatic N) is 1. The number of carbonyl (C=O) groups is 1. The highest BCUT2D eigenvalue weighted by molar-refractivity contribution is 7.92. The summed E-state index contributed by atoms with van der Waals surface area (Å²) in [6.07, 6.45) is -5.39. The molecule has 3 aromatic carbocycles. The van der Waals surface area contributed by atoms with Gasteiger partial charge in [0.2, 0.25) is 0 Å². The lowest BCUT2D eigenvalue weighted by Crippen LogP contribution is -2.48. The largest absolute Gasteiger partial charge is 0.497 e. The van der Waals surface area contributed by atoms with Gasteiger partial charge in [-0.1, -0.05) is 12.1 Å². The van der Waals surface area contributed by atoms with Crippen molar-refractivity contribution in [2.75, 3.05) is 31.2 Å². The van der Waals surface area contributed by atoms with Gasteiger partial charge in [-0.05, 0) is 66.4 Å². The van der Waals surface area contributed by atoms with Crippen molar-refractivity contribution in [2.24, 2.45) is 5.41 Å². The molecule has 1 unspecified atom stereocenters. The number of fused-ring (bicyclic) bond motifs is 1. The topological polar surface area (TPSA) is 102 Å². The number of hydrogen-bond donors (Lipinski definition) is 1. The number of aliphatic carboxylic acids is 1. The highest BCUT2D eigenvalue weighted by Crippen LogP contribution is 2.44. The lowest BCUT2D eigenvalue weighted by Gasteiger charge is -2.40. The zero-order valence-electron chi connectivity index (χ0n) is 22.4. The maximum Gasteiger partial charge on any atom is 0.416 e. The maximum atomic E-state index is 14.3. The van der Waals surface area contributed by atoms with E-state index in [0.717, 1.165) is 22.5 Å². The second-order valence-corrected chi connectivity index (χ2v) is 12.1. The number of ether oxygens (including phenoxy) is 3. The number of halogens is 4. The van der Waals surface area contributed by atoms with E-state index >= 15 is 0 Å². The number of sulfonamides is 1. The van der Waals surface area contributed by atoms with E-state index in [4.69, 9.17) is 14.2 Å². The van der Waals surface area contributed by atoms with Crippen LogP contribution in [0.25, 0.3) is 11.1 Å². The monoisotopic (exact) mass is 609 g/mol. The van der Waals surface area contributed by atoms with Crippen LogP contribution in [0.2, 0.25) is 0 Å². The van der Waals surface area contributed by atoms with Crippen LogP contribution in [0.5, 0.6) is 11.5 Å². The zero-order chi connectivity index (χ0) is 30.3. The van der Waals surface area contributed by atoms with Crippen molar-refractivity contribution in [3.8, 4) is 22.6 Å². The summed E-state index contributed by atoms with van der Waals surface area (Å²) in [4.78, 5) is 11.7. The van der Waals surface area contributed by atoms with Gasteiger partial charge in [-0.25, -0.2) is 12.8 Å². The average Bonchev–Trinajstić information content (AvgIpc) is 2.96. The molecule has 1 fully saturated rings. The van der Waals surface area contributed by atoms with E-state index in [1.807, 2.05) is 0 Å². The molecule has 0 radical (unpaired) electrons. The van der Waals surface area contributed by atoms with Gasteiger partial charge in [0.15, 0.2) is 0 Å². The fourth-order valence-electron chi connectivity index (χ4n) is 5.34. The standard InChI is InChI=1S/C29H27F4NO7S/c1-39-22-12-19(11-21(30)15-22)18-5-6-26-25(13-18)34(42(37,38)24-4-2-3-20(14-24)29(31,32)33)17-23(41-26)16-28(27(35)36)7-9-40-10-8-28/h2-6,11-15,23H,7-10,16-17H2,1H3,(H,35,36). The van der Waals surface area contributed by atoms with Crippen LogP contribution in [0, 0.1) is 11.2 Å². The van der Waals surface area contributed by atoms with Gasteiger partial charge in [-0.3, -0.25) is 9.10 Å². The first kappa shape index (κ1) is 29.6. The molecule has 0 amide bonds. The minimum atomic E-state index is -4.78. The third-order valence-corrected chi connectivity index (χ3v) is 9.38. The van der Waals surface area contributed by atoms with E-state index in [9.17, 15) is 35.9 Å². The first-order valence-corrected chi connectivity index (χ1v) is 14.4. The Bertz CT molecular complexity index is 1600. The van der Waals surface area contributed by atoms with Crippen molar-refractivity contribution in [1.29, 1.82) is 0 Å². The fraction of sp³-hybridized carbons (Fsp3) is 0.345. The molecule has 2 aliphatic heterocycles. The Labute approximate surface area is 239 Å². The normalized spacial score (nSPS) is 18.6. The SMILES string of the molecule is COc1cc(F)cc(-c2ccc3c(c2)N(S(=O)(=O)c2cccc(C(F)(F)F)c2)CC(CC2(C(=O)O)CCOCC2)O3)c1. The van der Waals surface area contributed by atoms with E-state index in [2.05, 4.69) is 0 Å². The Hall–Kier alpha value is -3.84. The van der Waals surface area contributed by atoms with Gasteiger partial charge in [-0.2, -0.15) is 13.2 Å². The number of hydrogen-bond acceptors (Lipinski definition) is 6. The van der Waals surface area contributed by atoms with Gasteiger partial charge in [-0.15, -0.1) is 0 Å². The molecule has 13 heteroatoms. The number of benzene rings is 3. The first-order chi connectivity index (χ1) is 19.8. The van der Waals surface area contributed by atoms with Crippen LogP contribution >= 0.6 is 0 Å². The number of carboxylic acids is 1. The molecule has 0 aromatic heterocycles. The molecule has 1 saturated heterocycles. The zero-order valence-corrected chi connectivity index (χ0v) is 23.2. The highest BCUT2D eigenvalue weighted by Gasteiger charge is 2.45. The fourth-order valence-corrected chi connectivity index (χ4v) is 6.88. The summed E-state index contributed by atoms with van der Waals surface area (Å²) in [5, 5.41) is 10.1. The molecule has 0 aliphatic carbocycles. The molecule has 5 rings (SSSR count). The summed E-state index contributed by atoms with van der Waals surface area (Å²) in [5.41, 5.74) is -1.60. The third kappa shape index (κ3) is 5.75. The van der Waals surface area contributed by atoms with Gasteiger partial charge < -0.3 is 19.3 Å². The van der Waals surface area contributed by atoms with E-state index < -0.39 is 50.0 Å². The van der Waals surface area contributed by atoms with E-state index in [-0.39, 0.29) is 56.2 Å². The highest BCUT2D eigenvalue weighted by atomic mass is 32.2. The molecule has 3 aromatic rings. The summed E-state index contributed by atoms with van der Waals surface area (Å²) >= 11 is 0. The number of alkyl halides is 3. The molecule has 8 nitrogen and oxygen atoms in total. The van der Waals surface area contributed by atoms with Crippen LogP contribution in [0.3, 0.4) is 0 Å². The van der Waals surface area contributed by atoms with Gasteiger partial charge in [0.1, 0.15) is 23.4 Å². The quantitative estimate of drug-likeness (QED) is 0.341. The molecule has 42 heavy (non-hydrogen) atoms. The van der Waals surface area contributed by atoms with Crippen molar-refractivity contribution in [3.63, 3.8) is 0 Å². The van der Waals surface area contributed by atoms with Crippen LogP contribution in [-0.2, 0) is 25.7 Å². The summed E-state index contributed by atoms with van der Waals surface area (Å²) in [5.74, 6) is -1.35. The molecular weight excluding hydrogens is 582 g/mol. The second-order valence-electron chi connectivity index (χ2n) is 10.3. The Kier molecular flexibility index (Phi) is 7.84. The molecular formula is C29H27F4NO7S. The molecule has 224 valence electrons. The Balaban J connectivity index is 1.61. The smallest absolute Gasteiger partial charge is 0.416 e. The maximum absolute atomic E-state index is 14.3. The van der Waals surface area contributed by atoms with Crippen molar-refractivity contribution >= 4 is 21.7 Å². The van der Waals surface area contributed by atoms with E-state index in [1.54, 1.807) is 12.1 Å². The lowest BCUT2D eigenvalue weighted by molar-refractivity contribution is -0.157. The minimum absolute atomic E-state index is 0.0146. The summed E-state index contributed by atoms with van der Waals surface area (Å²) in [6.45, 7) is 0.0576. The molecule has 0 saturated carbocycles. The van der Waals surface area contributed by atoms with Gasteiger partial charge >= 0.3 is 12.1 Å². The number of methoxy groups -OCH3 is 1. The summed E-state index contributed by atoms with van der Waals surface area (Å²) < 4.78 is 100. The predicted octanol–water partition coefficient (Wildman–Crippen LogP) is 5.75. The average molecular weight is 610 g/mol. The molecule has 0 bridgehead atoms. The second kappa shape index (κ2) is 11.1. The third-order valence-electron chi connectivity index (χ3n) is 7.60. The number of anilines is 1. The van der Waals surface area contributed by atoms with Crippen LogP contribution in [0.1, 0.15) is 24.8 Å². The molecule has 1 N–H and O–H groups in total. The molecule has 2 aliphatic rings. The van der Waals surface area contributed by atoms with Crippen LogP contribution in [0.15, 0.2) is 65.6 Å². The van der Waals surface area contributed by atoms with Gasteiger partial charge in [0.05, 0.1) is 35.2 Å².